The SMILES string of the molecule is O=C1NC(=Nc2ccccc2)S/C1=C\c1ccc(Sc2cccc3cccnc23)c([N+](=O)[O-])c1. The third-order valence-corrected chi connectivity index (χ3v) is 6.96. The number of nitro groups is 1. The Balaban J connectivity index is 1.43. The number of carbonyl (C=O) groups excluding carboxylic acids is 1. The van der Waals surface area contributed by atoms with E-state index in [2.05, 4.69) is 15.3 Å². The molecule has 0 aliphatic carbocycles. The first-order valence-electron chi connectivity index (χ1n) is 10.2. The van der Waals surface area contributed by atoms with Crippen LogP contribution in [0.3, 0.4) is 0 Å². The summed E-state index contributed by atoms with van der Waals surface area (Å²) in [5, 5.41) is 16.0. The van der Waals surface area contributed by atoms with Crippen LogP contribution < -0.4 is 5.32 Å². The van der Waals surface area contributed by atoms with Gasteiger partial charge in [-0.1, -0.05) is 54.2 Å². The molecule has 4 aromatic rings. The number of amides is 1. The Morgan fingerprint density at radius 3 is 2.65 bits per heavy atom. The normalized spacial score (nSPS) is 15.7. The molecule has 0 unspecified atom stereocenters. The zero-order valence-electron chi connectivity index (χ0n) is 17.5. The number of fused-ring (bicyclic) bond motifs is 1. The molecule has 1 saturated heterocycles. The van der Waals surface area contributed by atoms with Crippen molar-refractivity contribution in [3.05, 3.63) is 106 Å². The summed E-state index contributed by atoms with van der Waals surface area (Å²) in [5.41, 5.74) is 2.05. The van der Waals surface area contributed by atoms with Gasteiger partial charge in [-0.15, -0.1) is 0 Å². The molecule has 2 heterocycles. The van der Waals surface area contributed by atoms with Gasteiger partial charge in [0.25, 0.3) is 11.6 Å². The molecule has 1 fully saturated rings. The highest BCUT2D eigenvalue weighted by atomic mass is 32.2. The number of aromatic nitrogens is 1. The number of nitro benzene ring substituents is 1. The minimum absolute atomic E-state index is 0.0335. The van der Waals surface area contributed by atoms with Crippen LogP contribution in [-0.2, 0) is 4.79 Å². The van der Waals surface area contributed by atoms with Crippen molar-refractivity contribution in [2.45, 2.75) is 9.79 Å². The summed E-state index contributed by atoms with van der Waals surface area (Å²) in [7, 11) is 0. The molecule has 3 aromatic carbocycles. The summed E-state index contributed by atoms with van der Waals surface area (Å²) >= 11 is 2.50. The summed E-state index contributed by atoms with van der Waals surface area (Å²) in [6.07, 6.45) is 3.34. The standard InChI is InChI=1S/C25H16N4O3S2/c30-24-22(34-25(28-24)27-18-8-2-1-3-9-18)15-16-11-12-20(19(14-16)29(31)32)33-21-10-4-6-17-7-5-13-26-23(17)21/h1-15H,(H,27,28,30)/b22-15-. The third-order valence-electron chi connectivity index (χ3n) is 4.93. The quantitative estimate of drug-likeness (QED) is 0.206. The van der Waals surface area contributed by atoms with E-state index in [0.717, 1.165) is 21.5 Å². The molecular weight excluding hydrogens is 468 g/mol. The highest BCUT2D eigenvalue weighted by molar-refractivity contribution is 8.18. The van der Waals surface area contributed by atoms with Crippen molar-refractivity contribution < 1.29 is 9.72 Å². The second-order valence-corrected chi connectivity index (χ2v) is 9.35. The Morgan fingerprint density at radius 2 is 1.82 bits per heavy atom. The molecule has 166 valence electrons. The lowest BCUT2D eigenvalue weighted by Crippen LogP contribution is -2.19. The van der Waals surface area contributed by atoms with E-state index in [1.165, 1.54) is 29.6 Å². The maximum Gasteiger partial charge on any atom is 0.283 e. The smallest absolute Gasteiger partial charge is 0.283 e. The number of aliphatic imine (C=N–C) groups is 1. The number of carbonyl (C=O) groups is 1. The van der Waals surface area contributed by atoms with E-state index in [1.807, 2.05) is 60.7 Å². The minimum atomic E-state index is -0.410. The van der Waals surface area contributed by atoms with Gasteiger partial charge in [0, 0.05) is 22.5 Å². The molecule has 0 radical (unpaired) electrons. The summed E-state index contributed by atoms with van der Waals surface area (Å²) in [4.78, 5) is 34.4. The van der Waals surface area contributed by atoms with Crippen molar-refractivity contribution in [2.75, 3.05) is 0 Å². The lowest BCUT2D eigenvalue weighted by molar-refractivity contribution is -0.387. The molecule has 0 bridgehead atoms. The fraction of sp³-hybridized carbons (Fsp3) is 0. The molecule has 5 rings (SSSR count). The van der Waals surface area contributed by atoms with Crippen LogP contribution in [0.1, 0.15) is 5.56 Å². The van der Waals surface area contributed by atoms with Gasteiger partial charge in [-0.05, 0) is 53.7 Å². The predicted molar refractivity (Wildman–Crippen MR) is 136 cm³/mol. The van der Waals surface area contributed by atoms with Gasteiger partial charge in [-0.25, -0.2) is 4.99 Å². The maximum atomic E-state index is 12.4. The van der Waals surface area contributed by atoms with Crippen molar-refractivity contribution in [3.8, 4) is 0 Å². The summed E-state index contributed by atoms with van der Waals surface area (Å²) < 4.78 is 0. The average Bonchev–Trinajstić information content (AvgIpc) is 3.19. The minimum Gasteiger partial charge on any atom is -0.300 e. The largest absolute Gasteiger partial charge is 0.300 e. The first-order chi connectivity index (χ1) is 16.6. The number of hydrogen-bond donors (Lipinski definition) is 1. The van der Waals surface area contributed by atoms with Gasteiger partial charge in [0.1, 0.15) is 0 Å². The highest BCUT2D eigenvalue weighted by Crippen LogP contribution is 2.39. The molecule has 1 aliphatic heterocycles. The maximum absolute atomic E-state index is 12.4. The zero-order chi connectivity index (χ0) is 23.5. The number of benzene rings is 3. The summed E-state index contributed by atoms with van der Waals surface area (Å²) in [6, 6.07) is 23.8. The number of nitrogens with zero attached hydrogens (tertiary/aromatic N) is 3. The number of thioether (sulfide) groups is 1. The Bertz CT molecular complexity index is 1480. The first-order valence-corrected chi connectivity index (χ1v) is 11.8. The van der Waals surface area contributed by atoms with Crippen LogP contribution >= 0.6 is 23.5 Å². The van der Waals surface area contributed by atoms with Crippen LogP contribution in [0.5, 0.6) is 0 Å². The lowest BCUT2D eigenvalue weighted by atomic mass is 10.2. The van der Waals surface area contributed by atoms with Gasteiger partial charge in [0.15, 0.2) is 5.17 Å². The predicted octanol–water partition coefficient (Wildman–Crippen LogP) is 6.19. The molecule has 0 atom stereocenters. The van der Waals surface area contributed by atoms with E-state index in [1.54, 1.807) is 24.4 Å². The topological polar surface area (TPSA) is 97.5 Å². The van der Waals surface area contributed by atoms with E-state index in [4.69, 9.17) is 0 Å². The summed E-state index contributed by atoms with van der Waals surface area (Å²) in [6.45, 7) is 0. The van der Waals surface area contributed by atoms with Crippen molar-refractivity contribution >= 4 is 63.0 Å². The fourth-order valence-corrected chi connectivity index (χ4v) is 5.25. The number of rotatable bonds is 5. The van der Waals surface area contributed by atoms with Crippen LogP contribution in [-0.4, -0.2) is 21.0 Å². The average molecular weight is 485 g/mol. The lowest BCUT2D eigenvalue weighted by Gasteiger charge is -2.07. The van der Waals surface area contributed by atoms with Crippen LogP contribution in [0.4, 0.5) is 11.4 Å². The van der Waals surface area contributed by atoms with E-state index in [-0.39, 0.29) is 11.6 Å². The van der Waals surface area contributed by atoms with Crippen LogP contribution in [0, 0.1) is 10.1 Å². The molecule has 1 aromatic heterocycles. The van der Waals surface area contributed by atoms with Crippen LogP contribution in [0.2, 0.25) is 0 Å². The molecule has 1 amide bonds. The van der Waals surface area contributed by atoms with E-state index in [0.29, 0.717) is 20.5 Å². The second-order valence-electron chi connectivity index (χ2n) is 7.23. The van der Waals surface area contributed by atoms with Crippen molar-refractivity contribution in [2.24, 2.45) is 4.99 Å². The van der Waals surface area contributed by atoms with Gasteiger partial charge in [0.05, 0.1) is 25.9 Å². The Labute approximate surface area is 203 Å². The molecule has 1 N–H and O–H groups in total. The van der Waals surface area contributed by atoms with Gasteiger partial charge in [-0.2, -0.15) is 0 Å². The van der Waals surface area contributed by atoms with Crippen LogP contribution in [0.15, 0.2) is 105 Å². The second kappa shape index (κ2) is 9.50. The molecule has 0 saturated carbocycles. The van der Waals surface area contributed by atoms with E-state index >= 15 is 0 Å². The van der Waals surface area contributed by atoms with Crippen molar-refractivity contribution in [3.63, 3.8) is 0 Å². The zero-order valence-corrected chi connectivity index (χ0v) is 19.2. The van der Waals surface area contributed by atoms with Gasteiger partial charge in [-0.3, -0.25) is 19.9 Å². The molecule has 0 spiro atoms. The monoisotopic (exact) mass is 484 g/mol. The number of hydrogen-bond acceptors (Lipinski definition) is 7. The molecule has 9 heteroatoms. The molecule has 7 nitrogen and oxygen atoms in total. The van der Waals surface area contributed by atoms with Crippen molar-refractivity contribution in [1.29, 1.82) is 0 Å². The number of nitrogens with one attached hydrogen (secondary N) is 1. The Hall–Kier alpha value is -3.95. The molecular formula is C25H16N4O3S2. The highest BCUT2D eigenvalue weighted by Gasteiger charge is 2.24. The number of pyridine rings is 1. The number of para-hydroxylation sites is 2. The molecule has 1 aliphatic rings. The summed E-state index contributed by atoms with van der Waals surface area (Å²) in [5.74, 6) is -0.289. The van der Waals surface area contributed by atoms with Crippen LogP contribution in [0.25, 0.3) is 17.0 Å². The Morgan fingerprint density at radius 1 is 1.00 bits per heavy atom. The third kappa shape index (κ3) is 4.70. The first kappa shape index (κ1) is 21.9. The fourth-order valence-electron chi connectivity index (χ4n) is 3.38. The molecule has 34 heavy (non-hydrogen) atoms. The van der Waals surface area contributed by atoms with Gasteiger partial charge < -0.3 is 5.32 Å². The van der Waals surface area contributed by atoms with E-state index in [9.17, 15) is 14.9 Å². The van der Waals surface area contributed by atoms with Gasteiger partial charge >= 0.3 is 0 Å². The van der Waals surface area contributed by atoms with Crippen molar-refractivity contribution in [1.82, 2.24) is 10.3 Å². The number of amidine groups is 1. The van der Waals surface area contributed by atoms with Gasteiger partial charge in [0.2, 0.25) is 0 Å². The Kier molecular flexibility index (Phi) is 6.11. The van der Waals surface area contributed by atoms with E-state index < -0.39 is 4.92 Å².